The second-order valence-corrected chi connectivity index (χ2v) is 38.0. The molecule has 4 fully saturated rings. The third-order valence-corrected chi connectivity index (χ3v) is 26.9. The van der Waals surface area contributed by atoms with Crippen molar-refractivity contribution in [2.24, 2.45) is 46.2 Å². The monoisotopic (exact) mass is 1890 g/mol. The number of aliphatic hydroxyl groups excluding tert-OH is 1. The Hall–Kier alpha value is -9.23. The number of urea groups is 1. The molecule has 3 aromatic rings. The number of primary amides is 1. The number of ketones is 5. The van der Waals surface area contributed by atoms with Crippen molar-refractivity contribution in [2.45, 2.75) is 237 Å². The zero-order chi connectivity index (χ0) is 97.1. The van der Waals surface area contributed by atoms with Crippen LogP contribution in [0.1, 0.15) is 204 Å². The lowest BCUT2D eigenvalue weighted by atomic mass is 9.44. The molecule has 3 saturated carbocycles. The highest BCUT2D eigenvalue weighted by molar-refractivity contribution is 6.02. The van der Waals surface area contributed by atoms with Crippen LogP contribution in [-0.2, 0) is 115 Å². The summed E-state index contributed by atoms with van der Waals surface area (Å²) in [5, 5.41) is 35.0. The Kier molecular flexibility index (Phi) is 42.4. The molecule has 10 rings (SSSR count). The average molecular weight is 1890 g/mol. The Bertz CT molecular complexity index is 4590. The molecule has 34 nitrogen and oxygen atoms in total. The van der Waals surface area contributed by atoms with Gasteiger partial charge < -0.3 is 98.9 Å². The standard InChI is InChI=1S/C99H143F2N11O23/c1-9-21-89-134-86-62-76-77-61-79(100)78-60-74(114)35-37-96(78,4)98(77,101)84(117)63-97(76,5)99(86,135-89)85(118)64-106-92(121)71(26-19-39-104-94(102)123)59-82(116)90(67(2)3)107-93(122)70(24-17-18-38-103-87(119)66-133-83-30-12-10-11-29-81-91(83)108-109-111(81)41-45-127-48-51-130-54-55-131-56-57-132-95(124)105-40-42-112(6,7)8)58-75(115)36-44-126-47-50-129-53-52-128-49-46-125-43-20-27-73(113)33-34-88(120)110-65-72-25-14-13-22-68(72)31-32-69-23-15-16-28-80(69)110/h13-16,22-23,25,28,35,37,60,67,70-71,76-77,79,83-84,86,89-90,117H,9-12,17-21,24,26-27,29-30,33-34,36,38-59,61-66H2,1-8H3,(H6-,102,103,104,105,106,107,119,121,122,123,124)/p+1/t70-,71+,76-,77-,79-,83?,84-,86+,89?,90-,96-,97-,98-,99+/m0/s1. The molecule has 14 atom stereocenters. The maximum Gasteiger partial charge on any atom is 0.407 e. The lowest BCUT2D eigenvalue weighted by molar-refractivity contribution is -0.869. The number of para-hydroxylation sites is 1. The second kappa shape index (κ2) is 53.1. The Labute approximate surface area is 791 Å². The van der Waals surface area contributed by atoms with Crippen LogP contribution in [0.2, 0.25) is 0 Å². The van der Waals surface area contributed by atoms with Gasteiger partial charge in [-0.1, -0.05) is 107 Å². The van der Waals surface area contributed by atoms with Crippen LogP contribution in [0, 0.1) is 52.3 Å². The van der Waals surface area contributed by atoms with Crippen LogP contribution in [0.3, 0.4) is 0 Å². The number of benzene rings is 2. The van der Waals surface area contributed by atoms with Gasteiger partial charge in [-0.2, -0.15) is 0 Å². The molecule has 3 heterocycles. The van der Waals surface area contributed by atoms with E-state index in [2.05, 4.69) is 48.7 Å². The summed E-state index contributed by atoms with van der Waals surface area (Å²) in [5.74, 6) is -2.04. The van der Waals surface area contributed by atoms with Gasteiger partial charge in [-0.25, -0.2) is 23.1 Å². The van der Waals surface area contributed by atoms with E-state index >= 15 is 13.6 Å². The lowest BCUT2D eigenvalue weighted by Gasteiger charge is -2.63. The number of anilines is 1. The Morgan fingerprint density at radius 2 is 1.35 bits per heavy atom. The fraction of sp³-hybridized carbons (Fsp3) is 0.687. The molecule has 7 amide bonds. The molecule has 7 aliphatic rings. The summed E-state index contributed by atoms with van der Waals surface area (Å²) in [6, 6.07) is 13.2. The number of allylic oxidation sites excluding steroid dienone is 4. The molecule has 0 bridgehead atoms. The number of alkyl carbamates (subject to hydrolysis) is 1. The Balaban J connectivity index is 0.686. The van der Waals surface area contributed by atoms with Gasteiger partial charge in [-0.3, -0.25) is 43.2 Å². The van der Waals surface area contributed by atoms with Gasteiger partial charge in [0, 0.05) is 97.9 Å². The number of hydrogen-bond donors (Lipinski definition) is 7. The van der Waals surface area contributed by atoms with Gasteiger partial charge in [0.1, 0.15) is 42.7 Å². The molecule has 8 N–H and O–H groups in total. The molecule has 1 saturated heterocycles. The zero-order valence-corrected chi connectivity index (χ0v) is 80.0. The van der Waals surface area contributed by atoms with Crippen molar-refractivity contribution in [3.05, 3.63) is 100 Å². The van der Waals surface area contributed by atoms with Gasteiger partial charge in [-0.05, 0) is 137 Å². The molecule has 5 aliphatic carbocycles. The minimum atomic E-state index is -2.46. The summed E-state index contributed by atoms with van der Waals surface area (Å²) in [6.07, 6.45) is 2.96. The predicted octanol–water partition coefficient (Wildman–Crippen LogP) is 8.39. The Morgan fingerprint density at radius 1 is 0.696 bits per heavy atom. The largest absolute Gasteiger partial charge is 0.447 e. The number of fused-ring (bicyclic) bond motifs is 10. The van der Waals surface area contributed by atoms with E-state index in [0.717, 1.165) is 70.9 Å². The van der Waals surface area contributed by atoms with Crippen LogP contribution in [0.4, 0.5) is 24.1 Å². The van der Waals surface area contributed by atoms with Crippen LogP contribution in [0.5, 0.6) is 0 Å². The van der Waals surface area contributed by atoms with Crippen molar-refractivity contribution in [3.8, 4) is 11.8 Å². The number of nitrogens with one attached hydrogen (secondary N) is 5. The highest BCUT2D eigenvalue weighted by Crippen LogP contribution is 2.72. The van der Waals surface area contributed by atoms with Crippen molar-refractivity contribution in [1.29, 1.82) is 0 Å². The number of likely N-dealkylation sites (N-methyl/N-ethyl adjacent to an activating group) is 1. The second-order valence-electron chi connectivity index (χ2n) is 38.0. The third kappa shape index (κ3) is 30.1. The molecule has 0 radical (unpaired) electrons. The number of aliphatic hydroxyl groups is 1. The number of amides is 7. The summed E-state index contributed by atoms with van der Waals surface area (Å²) >= 11 is 0. The molecule has 2 aromatic carbocycles. The van der Waals surface area contributed by atoms with Crippen LogP contribution in [-0.4, -0.2) is 291 Å². The van der Waals surface area contributed by atoms with Crippen LogP contribution >= 0.6 is 0 Å². The van der Waals surface area contributed by atoms with Gasteiger partial charge in [0.25, 0.3) is 0 Å². The summed E-state index contributed by atoms with van der Waals surface area (Å²) in [6.45, 7) is 13.8. The zero-order valence-electron chi connectivity index (χ0n) is 80.0. The number of halogens is 2. The van der Waals surface area contributed by atoms with Crippen LogP contribution in [0.25, 0.3) is 0 Å². The van der Waals surface area contributed by atoms with Crippen LogP contribution < -0.4 is 37.2 Å². The molecular formula is C99H144F2N11O23+. The molecule has 746 valence electrons. The SMILES string of the molecule is CCCC1O[C@@H]2C[C@H]3[C@@H]4C[C@H](F)C5=CC(=O)C=C[C@]5(C)[C@@]4(F)[C@@H](O)C[C@]3(C)[C@]2(C(=O)CNC(=O)[C@H](CCCNC(N)=O)CC(=O)[C@@H](NC(=O)[C@@H](CCCCNC(=O)COC2CCCCCc3c2nnn3CCOCCOCCOCCOC(=O)NCC[N+](C)(C)C)CC(=O)CCOCCOCCOCCOCCCC(=O)CCC(=O)N2Cc3ccccc3C#Cc3ccccc32)C(C)C)O1. The number of aromatic nitrogens is 3. The molecule has 36 heteroatoms. The fourth-order valence-corrected chi connectivity index (χ4v) is 19.7. The summed E-state index contributed by atoms with van der Waals surface area (Å²) in [4.78, 5) is 152. The minimum absolute atomic E-state index is 0.00556. The van der Waals surface area contributed by atoms with Crippen molar-refractivity contribution < 1.29 is 123 Å². The van der Waals surface area contributed by atoms with E-state index in [4.69, 9.17) is 57.8 Å². The first-order valence-corrected chi connectivity index (χ1v) is 48.4. The highest BCUT2D eigenvalue weighted by atomic mass is 19.1. The van der Waals surface area contributed by atoms with Gasteiger partial charge in [0.05, 0.1) is 169 Å². The average Bonchev–Trinajstić information content (AvgIpc) is 1.53. The summed E-state index contributed by atoms with van der Waals surface area (Å²) in [5.41, 5.74) is 2.83. The van der Waals surface area contributed by atoms with Crippen LogP contribution in [0.15, 0.2) is 72.3 Å². The summed E-state index contributed by atoms with van der Waals surface area (Å²) in [7, 11) is 6.11. The number of carbonyl (C=O) groups excluding carboxylic acids is 11. The van der Waals surface area contributed by atoms with E-state index in [1.807, 2.05) is 81.3 Å². The van der Waals surface area contributed by atoms with Crippen molar-refractivity contribution >= 4 is 70.4 Å². The number of Topliss-reactive ketones (excluding diaryl/α,β-unsaturated/α-hetero) is 4. The van der Waals surface area contributed by atoms with E-state index < -0.39 is 143 Å². The first kappa shape index (κ1) is 108. The van der Waals surface area contributed by atoms with E-state index in [-0.39, 0.29) is 166 Å². The minimum Gasteiger partial charge on any atom is -0.447 e. The van der Waals surface area contributed by atoms with Crippen molar-refractivity contribution in [3.63, 3.8) is 0 Å². The van der Waals surface area contributed by atoms with Crippen molar-refractivity contribution in [2.75, 3.05) is 164 Å². The number of nitrogens with two attached hydrogens (primary N) is 1. The number of unbranched alkanes of at least 4 members (excludes halogenated alkanes) is 1. The molecule has 2 aliphatic heterocycles. The lowest BCUT2D eigenvalue weighted by Crippen LogP contribution is -2.71. The first-order chi connectivity index (χ1) is 64.8. The molecule has 135 heavy (non-hydrogen) atoms. The number of alkyl halides is 2. The van der Waals surface area contributed by atoms with E-state index in [9.17, 15) is 53.1 Å². The van der Waals surface area contributed by atoms with E-state index in [1.165, 1.54) is 19.1 Å². The smallest absolute Gasteiger partial charge is 0.407 e. The number of nitrogens with zero attached hydrogens (tertiary/aromatic N) is 5. The van der Waals surface area contributed by atoms with E-state index in [1.54, 1.807) is 25.7 Å². The maximum atomic E-state index is 18.3. The molecule has 2 unspecified atom stereocenters. The van der Waals surface area contributed by atoms with Gasteiger partial charge in [0.15, 0.2) is 34.9 Å². The fourth-order valence-electron chi connectivity index (χ4n) is 19.7. The van der Waals surface area contributed by atoms with Crippen molar-refractivity contribution in [1.82, 2.24) is 41.6 Å². The maximum absolute atomic E-state index is 18.3. The van der Waals surface area contributed by atoms with Gasteiger partial charge >= 0.3 is 12.1 Å². The molecule has 0 spiro atoms. The van der Waals surface area contributed by atoms with Gasteiger partial charge in [0.2, 0.25) is 23.6 Å². The third-order valence-electron chi connectivity index (χ3n) is 26.9. The predicted molar refractivity (Wildman–Crippen MR) is 493 cm³/mol. The number of carbonyl (C=O) groups is 11. The van der Waals surface area contributed by atoms with E-state index in [0.29, 0.717) is 117 Å². The summed E-state index contributed by atoms with van der Waals surface area (Å²) < 4.78 is 102. The highest BCUT2D eigenvalue weighted by Gasteiger charge is 2.80. The first-order valence-electron chi connectivity index (χ1n) is 48.4. The number of quaternary nitrogens is 1. The quantitative estimate of drug-likeness (QED) is 0.0158. The van der Waals surface area contributed by atoms with Gasteiger partial charge in [-0.15, -0.1) is 5.10 Å². The molecule has 1 aromatic heterocycles. The molecular weight excluding hydrogens is 1750 g/mol. The number of hydrogen-bond acceptors (Lipinski definition) is 25. The number of ether oxygens (including phenoxy) is 11. The normalized spacial score (nSPS) is 23.8. The topological polar surface area (TPSA) is 430 Å². The Morgan fingerprint density at radius 3 is 2.05 bits per heavy atom. The number of rotatable bonds is 60.